The summed E-state index contributed by atoms with van der Waals surface area (Å²) in [5, 5.41) is 9.59. The number of carboxylic acid groups (broad SMARTS) is 1. The van der Waals surface area contributed by atoms with E-state index in [1.165, 1.54) is 38.5 Å². The minimum absolute atomic E-state index is 0.234. The highest BCUT2D eigenvalue weighted by Gasteiger charge is 2.36. The molecular formula is C25H46O6. The first-order valence-corrected chi connectivity index (χ1v) is 12.5. The van der Waals surface area contributed by atoms with Gasteiger partial charge in [-0.25, -0.2) is 0 Å². The molecule has 0 aromatic carbocycles. The zero-order valence-electron chi connectivity index (χ0n) is 20.2. The third-order valence-corrected chi connectivity index (χ3v) is 5.60. The van der Waals surface area contributed by atoms with Crippen molar-refractivity contribution in [3.63, 3.8) is 0 Å². The van der Waals surface area contributed by atoms with E-state index in [1.807, 2.05) is 6.92 Å². The summed E-state index contributed by atoms with van der Waals surface area (Å²) in [5.74, 6) is -4.09. The Labute approximate surface area is 189 Å². The summed E-state index contributed by atoms with van der Waals surface area (Å²) in [7, 11) is 0. The predicted octanol–water partition coefficient (Wildman–Crippen LogP) is 6.30. The van der Waals surface area contributed by atoms with Crippen molar-refractivity contribution in [3.05, 3.63) is 0 Å². The Morgan fingerprint density at radius 1 is 0.645 bits per heavy atom. The van der Waals surface area contributed by atoms with Crippen molar-refractivity contribution in [2.24, 2.45) is 11.8 Å². The smallest absolute Gasteiger partial charge is 0.310 e. The molecule has 2 atom stereocenters. The highest BCUT2D eigenvalue weighted by atomic mass is 16.5. The summed E-state index contributed by atoms with van der Waals surface area (Å²) in [6, 6.07) is 0. The third kappa shape index (κ3) is 15.8. The van der Waals surface area contributed by atoms with E-state index in [0.717, 1.165) is 38.5 Å². The number of esters is 2. The molecule has 0 spiro atoms. The van der Waals surface area contributed by atoms with Crippen LogP contribution in [0, 0.1) is 11.8 Å². The molecule has 0 aliphatic heterocycles. The van der Waals surface area contributed by atoms with E-state index in [-0.39, 0.29) is 13.0 Å². The van der Waals surface area contributed by atoms with Gasteiger partial charge < -0.3 is 14.6 Å². The fraction of sp³-hybridized carbons (Fsp3) is 0.880. The molecule has 0 heterocycles. The van der Waals surface area contributed by atoms with E-state index in [4.69, 9.17) is 9.47 Å². The summed E-state index contributed by atoms with van der Waals surface area (Å²) in [4.78, 5) is 36.6. The van der Waals surface area contributed by atoms with Crippen LogP contribution in [-0.4, -0.2) is 36.2 Å². The number of carbonyl (C=O) groups excluding carboxylic acids is 2. The number of carbonyl (C=O) groups is 3. The van der Waals surface area contributed by atoms with Crippen molar-refractivity contribution in [3.8, 4) is 0 Å². The molecular weight excluding hydrogens is 396 g/mol. The first-order chi connectivity index (χ1) is 15.0. The Balaban J connectivity index is 4.53. The summed E-state index contributed by atoms with van der Waals surface area (Å²) in [5.41, 5.74) is 0. The van der Waals surface area contributed by atoms with Crippen LogP contribution >= 0.6 is 0 Å². The van der Waals surface area contributed by atoms with E-state index >= 15 is 0 Å². The Bertz CT molecular complexity index is 477. The van der Waals surface area contributed by atoms with Crippen LogP contribution in [0.1, 0.15) is 117 Å². The number of ether oxygens (including phenoxy) is 2. The second kappa shape index (κ2) is 20.3. The number of carboxylic acids is 1. The molecule has 2 unspecified atom stereocenters. The lowest BCUT2D eigenvalue weighted by atomic mass is 9.86. The molecule has 1 N–H and O–H groups in total. The van der Waals surface area contributed by atoms with Gasteiger partial charge in [0.05, 0.1) is 31.5 Å². The number of hydrogen-bond donors (Lipinski definition) is 1. The zero-order valence-corrected chi connectivity index (χ0v) is 20.2. The van der Waals surface area contributed by atoms with Crippen LogP contribution in [0.3, 0.4) is 0 Å². The normalized spacial score (nSPS) is 12.9. The first-order valence-electron chi connectivity index (χ1n) is 12.5. The summed E-state index contributed by atoms with van der Waals surface area (Å²) in [6.07, 6.45) is 13.6. The molecule has 0 rings (SSSR count). The Morgan fingerprint density at radius 2 is 1.13 bits per heavy atom. The van der Waals surface area contributed by atoms with E-state index in [2.05, 4.69) is 13.8 Å². The van der Waals surface area contributed by atoms with Gasteiger partial charge in [0.25, 0.3) is 0 Å². The molecule has 0 saturated carbocycles. The average Bonchev–Trinajstić information content (AvgIpc) is 2.74. The van der Waals surface area contributed by atoms with Gasteiger partial charge in [-0.15, -0.1) is 0 Å². The van der Waals surface area contributed by atoms with Crippen LogP contribution in [0.2, 0.25) is 0 Å². The van der Waals surface area contributed by atoms with Crippen molar-refractivity contribution < 1.29 is 29.0 Å². The molecule has 0 aliphatic rings. The van der Waals surface area contributed by atoms with Crippen molar-refractivity contribution in [1.82, 2.24) is 0 Å². The molecule has 0 aliphatic carbocycles. The Morgan fingerprint density at radius 3 is 1.61 bits per heavy atom. The molecule has 6 heteroatoms. The second-order valence-electron chi connectivity index (χ2n) is 8.47. The van der Waals surface area contributed by atoms with Crippen molar-refractivity contribution in [2.75, 3.05) is 13.2 Å². The molecule has 0 amide bonds. The zero-order chi connectivity index (χ0) is 23.3. The van der Waals surface area contributed by atoms with Crippen LogP contribution in [0.25, 0.3) is 0 Å². The van der Waals surface area contributed by atoms with Gasteiger partial charge in [-0.05, 0) is 19.3 Å². The highest BCUT2D eigenvalue weighted by Crippen LogP contribution is 2.24. The molecule has 0 aromatic rings. The van der Waals surface area contributed by atoms with E-state index in [1.54, 1.807) is 0 Å². The molecule has 0 bridgehead atoms. The second-order valence-corrected chi connectivity index (χ2v) is 8.47. The third-order valence-electron chi connectivity index (χ3n) is 5.60. The van der Waals surface area contributed by atoms with Gasteiger partial charge in [-0.1, -0.05) is 91.4 Å². The van der Waals surface area contributed by atoms with Gasteiger partial charge in [-0.3, -0.25) is 14.4 Å². The number of rotatable bonds is 21. The lowest BCUT2D eigenvalue weighted by molar-refractivity contribution is -0.162. The van der Waals surface area contributed by atoms with Gasteiger partial charge in [0, 0.05) is 0 Å². The maximum Gasteiger partial charge on any atom is 0.310 e. The number of hydrogen-bond acceptors (Lipinski definition) is 5. The molecule has 6 nitrogen and oxygen atoms in total. The highest BCUT2D eigenvalue weighted by molar-refractivity contribution is 5.85. The van der Waals surface area contributed by atoms with Gasteiger partial charge in [-0.2, -0.15) is 0 Å². The molecule has 0 aromatic heterocycles. The number of unbranched alkanes of at least 4 members (excludes halogenated alkanes) is 10. The van der Waals surface area contributed by atoms with E-state index < -0.39 is 29.7 Å². The SMILES string of the molecule is CCCCCCCCOC(=O)CC(C(=O)OCCCCCCCC)C(CCC)C(=O)O. The predicted molar refractivity (Wildman–Crippen MR) is 123 cm³/mol. The lowest BCUT2D eigenvalue weighted by Gasteiger charge is -2.21. The number of aliphatic carboxylic acids is 1. The van der Waals surface area contributed by atoms with Crippen LogP contribution in [-0.2, 0) is 23.9 Å². The molecule has 182 valence electrons. The van der Waals surface area contributed by atoms with Gasteiger partial charge in [0.2, 0.25) is 0 Å². The molecule has 0 fully saturated rings. The minimum Gasteiger partial charge on any atom is -0.481 e. The topological polar surface area (TPSA) is 89.9 Å². The van der Waals surface area contributed by atoms with E-state index in [0.29, 0.717) is 19.4 Å². The fourth-order valence-corrected chi connectivity index (χ4v) is 3.67. The standard InChI is InChI=1S/C25H46O6/c1-4-7-9-11-13-15-18-30-23(26)20-22(21(17-6-3)24(27)28)25(29)31-19-16-14-12-10-8-5-2/h21-22H,4-20H2,1-3H3,(H,27,28). The molecule has 31 heavy (non-hydrogen) atoms. The van der Waals surface area contributed by atoms with Gasteiger partial charge in [0.15, 0.2) is 0 Å². The molecule has 0 saturated heterocycles. The average molecular weight is 443 g/mol. The minimum atomic E-state index is -1.06. The van der Waals surface area contributed by atoms with Crippen molar-refractivity contribution in [1.29, 1.82) is 0 Å². The summed E-state index contributed by atoms with van der Waals surface area (Å²) >= 11 is 0. The van der Waals surface area contributed by atoms with Crippen LogP contribution in [0.4, 0.5) is 0 Å². The quantitative estimate of drug-likeness (QED) is 0.166. The largest absolute Gasteiger partial charge is 0.481 e. The lowest BCUT2D eigenvalue weighted by Crippen LogP contribution is -2.33. The van der Waals surface area contributed by atoms with Crippen molar-refractivity contribution in [2.45, 2.75) is 117 Å². The summed E-state index contributed by atoms with van der Waals surface area (Å²) in [6.45, 7) is 6.78. The molecule has 0 radical (unpaired) electrons. The maximum absolute atomic E-state index is 12.6. The Kier molecular flexibility index (Phi) is 19.3. The van der Waals surface area contributed by atoms with Crippen LogP contribution in [0.15, 0.2) is 0 Å². The van der Waals surface area contributed by atoms with Crippen LogP contribution < -0.4 is 0 Å². The van der Waals surface area contributed by atoms with E-state index in [9.17, 15) is 19.5 Å². The van der Waals surface area contributed by atoms with Crippen molar-refractivity contribution >= 4 is 17.9 Å². The monoisotopic (exact) mass is 442 g/mol. The Hall–Kier alpha value is -1.59. The van der Waals surface area contributed by atoms with Gasteiger partial charge in [0.1, 0.15) is 0 Å². The summed E-state index contributed by atoms with van der Waals surface area (Å²) < 4.78 is 10.6. The van der Waals surface area contributed by atoms with Crippen LogP contribution in [0.5, 0.6) is 0 Å². The maximum atomic E-state index is 12.6. The first kappa shape index (κ1) is 29.4. The van der Waals surface area contributed by atoms with Gasteiger partial charge >= 0.3 is 17.9 Å². The fourth-order valence-electron chi connectivity index (χ4n) is 3.67.